The molecule has 4 rings (SSSR count). The first-order chi connectivity index (χ1) is 12.7. The molecule has 3 aromatic rings. The lowest BCUT2D eigenvalue weighted by molar-refractivity contribution is -0.180. The molecule has 2 aromatic heterocycles. The Balaban J connectivity index is 1.66. The predicted octanol–water partition coefficient (Wildman–Crippen LogP) is 3.11. The average molecular weight is 354 g/mol. The predicted molar refractivity (Wildman–Crippen MR) is 95.8 cm³/mol. The standard InChI is InChI=1S/C19H19FN4O2/c20-13-4-2-12(3-5-13)14-6-7-15-18(22-14)16(24-19(21)23-15)8-9-17-25-10-1-11-26-17/h2-7,17H,1,8-11H2,(H2,21,23,24). The first kappa shape index (κ1) is 16.8. The number of hydrogen-bond donors (Lipinski definition) is 1. The lowest BCUT2D eigenvalue weighted by Gasteiger charge is -2.23. The minimum absolute atomic E-state index is 0.217. The van der Waals surface area contributed by atoms with Crippen LogP contribution in [0.5, 0.6) is 0 Å². The number of nitrogens with zero attached hydrogens (tertiary/aromatic N) is 3. The highest BCUT2D eigenvalue weighted by atomic mass is 19.1. The van der Waals surface area contributed by atoms with Crippen molar-refractivity contribution in [2.24, 2.45) is 0 Å². The van der Waals surface area contributed by atoms with Gasteiger partial charge in [-0.05, 0) is 49.2 Å². The van der Waals surface area contributed by atoms with Crippen molar-refractivity contribution in [3.63, 3.8) is 0 Å². The number of hydrogen-bond acceptors (Lipinski definition) is 6. The Hall–Kier alpha value is -2.64. The zero-order valence-corrected chi connectivity index (χ0v) is 14.2. The van der Waals surface area contributed by atoms with E-state index in [0.717, 1.165) is 23.4 Å². The van der Waals surface area contributed by atoms with Gasteiger partial charge in [0, 0.05) is 12.0 Å². The van der Waals surface area contributed by atoms with Crippen LogP contribution >= 0.6 is 0 Å². The van der Waals surface area contributed by atoms with E-state index in [-0.39, 0.29) is 18.1 Å². The van der Waals surface area contributed by atoms with Crippen molar-refractivity contribution in [1.82, 2.24) is 15.0 Å². The summed E-state index contributed by atoms with van der Waals surface area (Å²) in [5.74, 6) is -0.0619. The first-order valence-corrected chi connectivity index (χ1v) is 8.61. The van der Waals surface area contributed by atoms with Gasteiger partial charge in [0.15, 0.2) is 6.29 Å². The molecule has 1 fully saturated rings. The van der Waals surface area contributed by atoms with E-state index in [1.807, 2.05) is 12.1 Å². The zero-order valence-electron chi connectivity index (χ0n) is 14.2. The number of benzene rings is 1. The minimum atomic E-state index is -0.279. The second kappa shape index (κ2) is 7.31. The molecular formula is C19H19FN4O2. The highest BCUT2D eigenvalue weighted by Crippen LogP contribution is 2.24. The molecule has 2 N–H and O–H groups in total. The van der Waals surface area contributed by atoms with Crippen LogP contribution in [0, 0.1) is 5.82 Å². The van der Waals surface area contributed by atoms with Gasteiger partial charge in [0.2, 0.25) is 5.95 Å². The molecule has 6 nitrogen and oxygen atoms in total. The van der Waals surface area contributed by atoms with E-state index in [2.05, 4.69) is 9.97 Å². The quantitative estimate of drug-likeness (QED) is 0.775. The van der Waals surface area contributed by atoms with Crippen molar-refractivity contribution in [3.8, 4) is 11.3 Å². The number of fused-ring (bicyclic) bond motifs is 1. The Morgan fingerprint density at radius 2 is 1.77 bits per heavy atom. The number of aryl methyl sites for hydroxylation is 1. The number of halogens is 1. The smallest absolute Gasteiger partial charge is 0.220 e. The van der Waals surface area contributed by atoms with Crippen molar-refractivity contribution >= 4 is 17.0 Å². The summed E-state index contributed by atoms with van der Waals surface area (Å²) in [6, 6.07) is 9.93. The summed E-state index contributed by atoms with van der Waals surface area (Å²) < 4.78 is 24.3. The Kier molecular flexibility index (Phi) is 4.73. The van der Waals surface area contributed by atoms with Crippen molar-refractivity contribution in [2.75, 3.05) is 18.9 Å². The zero-order chi connectivity index (χ0) is 17.9. The van der Waals surface area contributed by atoms with Gasteiger partial charge < -0.3 is 15.2 Å². The second-order valence-corrected chi connectivity index (χ2v) is 6.16. The molecule has 1 aromatic carbocycles. The van der Waals surface area contributed by atoms with Crippen LogP contribution < -0.4 is 5.73 Å². The van der Waals surface area contributed by atoms with Gasteiger partial charge in [-0.2, -0.15) is 0 Å². The lowest BCUT2D eigenvalue weighted by Crippen LogP contribution is -2.25. The molecule has 3 heterocycles. The van der Waals surface area contributed by atoms with E-state index in [1.54, 1.807) is 12.1 Å². The third-order valence-electron chi connectivity index (χ3n) is 4.28. The van der Waals surface area contributed by atoms with Crippen LogP contribution in [0.1, 0.15) is 18.5 Å². The largest absolute Gasteiger partial charge is 0.368 e. The number of ether oxygens (including phenoxy) is 2. The Morgan fingerprint density at radius 3 is 2.54 bits per heavy atom. The van der Waals surface area contributed by atoms with Crippen LogP contribution in [-0.2, 0) is 15.9 Å². The molecule has 0 unspecified atom stereocenters. The van der Waals surface area contributed by atoms with Crippen LogP contribution in [0.3, 0.4) is 0 Å². The molecule has 1 aliphatic heterocycles. The summed E-state index contributed by atoms with van der Waals surface area (Å²) in [7, 11) is 0. The maximum absolute atomic E-state index is 13.2. The number of pyridine rings is 1. The highest BCUT2D eigenvalue weighted by molar-refractivity contribution is 5.80. The maximum atomic E-state index is 13.2. The lowest BCUT2D eigenvalue weighted by atomic mass is 10.1. The molecule has 7 heteroatoms. The first-order valence-electron chi connectivity index (χ1n) is 8.61. The highest BCUT2D eigenvalue weighted by Gasteiger charge is 2.17. The van der Waals surface area contributed by atoms with Gasteiger partial charge >= 0.3 is 0 Å². The fraction of sp³-hybridized carbons (Fsp3) is 0.316. The molecule has 0 amide bonds. The monoisotopic (exact) mass is 354 g/mol. The maximum Gasteiger partial charge on any atom is 0.220 e. The van der Waals surface area contributed by atoms with Crippen LogP contribution in [0.15, 0.2) is 36.4 Å². The van der Waals surface area contributed by atoms with Crippen molar-refractivity contribution in [3.05, 3.63) is 47.9 Å². The van der Waals surface area contributed by atoms with Crippen molar-refractivity contribution in [1.29, 1.82) is 0 Å². The molecule has 0 atom stereocenters. The molecule has 0 spiro atoms. The number of anilines is 1. The van der Waals surface area contributed by atoms with E-state index in [0.29, 0.717) is 37.1 Å². The van der Waals surface area contributed by atoms with Gasteiger partial charge in [-0.3, -0.25) is 0 Å². The Labute approximate surface area is 150 Å². The third-order valence-corrected chi connectivity index (χ3v) is 4.28. The fourth-order valence-electron chi connectivity index (χ4n) is 3.01. The van der Waals surface area contributed by atoms with Gasteiger partial charge in [0.25, 0.3) is 0 Å². The van der Waals surface area contributed by atoms with E-state index in [4.69, 9.17) is 20.2 Å². The number of nitrogen functional groups attached to an aromatic ring is 1. The summed E-state index contributed by atoms with van der Waals surface area (Å²) in [4.78, 5) is 13.3. The molecule has 0 radical (unpaired) electrons. The van der Waals surface area contributed by atoms with Crippen LogP contribution in [0.2, 0.25) is 0 Å². The molecule has 26 heavy (non-hydrogen) atoms. The third kappa shape index (κ3) is 3.63. The van der Waals surface area contributed by atoms with Gasteiger partial charge in [0.1, 0.15) is 11.3 Å². The second-order valence-electron chi connectivity index (χ2n) is 6.16. The minimum Gasteiger partial charge on any atom is -0.368 e. The summed E-state index contributed by atoms with van der Waals surface area (Å²) in [5, 5.41) is 0. The van der Waals surface area contributed by atoms with Gasteiger partial charge in [-0.1, -0.05) is 0 Å². The normalized spacial score (nSPS) is 15.4. The average Bonchev–Trinajstić information content (AvgIpc) is 2.67. The number of nitrogens with two attached hydrogens (primary N) is 1. The number of rotatable bonds is 4. The van der Waals surface area contributed by atoms with Crippen molar-refractivity contribution in [2.45, 2.75) is 25.6 Å². The van der Waals surface area contributed by atoms with Gasteiger partial charge in [0.05, 0.1) is 30.1 Å². The SMILES string of the molecule is Nc1nc(CCC2OCCCO2)c2nc(-c3ccc(F)cc3)ccc2n1. The van der Waals surface area contributed by atoms with E-state index < -0.39 is 0 Å². The van der Waals surface area contributed by atoms with E-state index in [1.165, 1.54) is 12.1 Å². The molecule has 0 aliphatic carbocycles. The topological polar surface area (TPSA) is 83.2 Å². The van der Waals surface area contributed by atoms with Crippen molar-refractivity contribution < 1.29 is 13.9 Å². The Morgan fingerprint density at radius 1 is 1.00 bits per heavy atom. The van der Waals surface area contributed by atoms with E-state index >= 15 is 0 Å². The molecule has 1 aliphatic rings. The number of aromatic nitrogens is 3. The summed E-state index contributed by atoms with van der Waals surface area (Å²) >= 11 is 0. The van der Waals surface area contributed by atoms with Gasteiger partial charge in [-0.15, -0.1) is 0 Å². The Bertz CT molecular complexity index is 911. The fourth-order valence-corrected chi connectivity index (χ4v) is 3.01. The summed E-state index contributed by atoms with van der Waals surface area (Å²) in [6.45, 7) is 1.43. The van der Waals surface area contributed by atoms with Crippen LogP contribution in [0.25, 0.3) is 22.3 Å². The van der Waals surface area contributed by atoms with Crippen LogP contribution in [-0.4, -0.2) is 34.5 Å². The molecule has 0 bridgehead atoms. The summed E-state index contributed by atoms with van der Waals surface area (Å²) in [6.07, 6.45) is 1.99. The molecular weight excluding hydrogens is 335 g/mol. The molecule has 0 saturated carbocycles. The molecule has 134 valence electrons. The summed E-state index contributed by atoms with van der Waals surface area (Å²) in [5.41, 5.74) is 9.54. The van der Waals surface area contributed by atoms with Gasteiger partial charge in [-0.25, -0.2) is 19.3 Å². The van der Waals surface area contributed by atoms with Crippen LogP contribution in [0.4, 0.5) is 10.3 Å². The molecule has 1 saturated heterocycles. The van der Waals surface area contributed by atoms with E-state index in [9.17, 15) is 4.39 Å².